The molecule has 2 aromatic carbocycles. The summed E-state index contributed by atoms with van der Waals surface area (Å²) in [5, 5.41) is 0. The Morgan fingerprint density at radius 2 is 1.06 bits per heavy atom. The predicted octanol–water partition coefficient (Wildman–Crippen LogP) is 4.25. The Bertz CT molecular complexity index is 383. The molecule has 0 aliphatic carbocycles. The predicted molar refractivity (Wildman–Crippen MR) is 76.0 cm³/mol. The van der Waals surface area contributed by atoms with Crippen LogP contribution in [0, 0.1) is 0 Å². The zero-order valence-corrected chi connectivity index (χ0v) is 10.9. The molecule has 2 N–H and O–H groups in total. The molecule has 2 rings (SSSR count). The molecule has 0 amide bonds. The molecule has 0 saturated heterocycles. The fourth-order valence-corrected chi connectivity index (χ4v) is 1.37. The second-order valence-corrected chi connectivity index (χ2v) is 5.03. The second kappa shape index (κ2) is 6.09. The molecule has 90 valence electrons. The van der Waals surface area contributed by atoms with Crippen LogP contribution in [-0.4, -0.2) is 0 Å². The van der Waals surface area contributed by atoms with Crippen LogP contribution >= 0.6 is 0 Å². The number of rotatable bonds is 0. The van der Waals surface area contributed by atoms with E-state index in [9.17, 15) is 0 Å². The highest BCUT2D eigenvalue weighted by molar-refractivity contribution is 5.40. The normalized spacial score (nSPS) is 10.3. The quantitative estimate of drug-likeness (QED) is 0.669. The Morgan fingerprint density at radius 3 is 1.35 bits per heavy atom. The fraction of sp³-hybridized carbons (Fsp3) is 0.250. The van der Waals surface area contributed by atoms with E-state index in [0.29, 0.717) is 0 Å². The number of benzene rings is 2. The van der Waals surface area contributed by atoms with E-state index in [1.54, 1.807) is 0 Å². The lowest BCUT2D eigenvalue weighted by atomic mass is 9.87. The zero-order chi connectivity index (χ0) is 12.7. The van der Waals surface area contributed by atoms with Crippen molar-refractivity contribution in [3.8, 4) is 0 Å². The molecule has 0 saturated carbocycles. The average Bonchev–Trinajstić information content (AvgIpc) is 2.31. The first kappa shape index (κ1) is 13.3. The van der Waals surface area contributed by atoms with Crippen molar-refractivity contribution < 1.29 is 0 Å². The smallest absolute Gasteiger partial charge is 0.0314 e. The van der Waals surface area contributed by atoms with E-state index in [4.69, 9.17) is 5.73 Å². The van der Waals surface area contributed by atoms with Crippen molar-refractivity contribution in [2.24, 2.45) is 0 Å². The van der Waals surface area contributed by atoms with Crippen LogP contribution in [0.25, 0.3) is 0 Å². The van der Waals surface area contributed by atoms with Gasteiger partial charge in [0.25, 0.3) is 0 Å². The molecule has 1 heteroatoms. The van der Waals surface area contributed by atoms with Crippen LogP contribution < -0.4 is 5.73 Å². The molecule has 0 aliphatic heterocycles. The van der Waals surface area contributed by atoms with E-state index in [1.165, 1.54) is 5.56 Å². The van der Waals surface area contributed by atoms with Crippen molar-refractivity contribution in [2.45, 2.75) is 26.2 Å². The number of nitrogen functional groups attached to an aromatic ring is 1. The topological polar surface area (TPSA) is 26.0 Å². The molecule has 0 unspecified atom stereocenters. The Labute approximate surface area is 104 Å². The lowest BCUT2D eigenvalue weighted by molar-refractivity contribution is 0.590. The van der Waals surface area contributed by atoms with E-state index >= 15 is 0 Å². The van der Waals surface area contributed by atoms with Gasteiger partial charge in [-0.2, -0.15) is 0 Å². The molecule has 17 heavy (non-hydrogen) atoms. The van der Waals surface area contributed by atoms with Crippen molar-refractivity contribution in [1.29, 1.82) is 0 Å². The molecule has 0 radical (unpaired) electrons. The monoisotopic (exact) mass is 227 g/mol. The molecule has 0 bridgehead atoms. The van der Waals surface area contributed by atoms with Gasteiger partial charge in [0.1, 0.15) is 0 Å². The summed E-state index contributed by atoms with van der Waals surface area (Å²) >= 11 is 0. The highest BCUT2D eigenvalue weighted by Crippen LogP contribution is 2.22. The number of nitrogens with two attached hydrogens (primary N) is 1. The van der Waals surface area contributed by atoms with Gasteiger partial charge >= 0.3 is 0 Å². The number of hydrogen-bond donors (Lipinski definition) is 1. The van der Waals surface area contributed by atoms with E-state index in [-0.39, 0.29) is 5.41 Å². The molecule has 0 heterocycles. The van der Waals surface area contributed by atoms with Gasteiger partial charge in [0.05, 0.1) is 0 Å². The van der Waals surface area contributed by atoms with Gasteiger partial charge in [-0.25, -0.2) is 0 Å². The summed E-state index contributed by atoms with van der Waals surface area (Å²) in [6.07, 6.45) is 0. The van der Waals surface area contributed by atoms with Crippen LogP contribution in [0.5, 0.6) is 0 Å². The molecule has 0 spiro atoms. The largest absolute Gasteiger partial charge is 0.399 e. The van der Waals surface area contributed by atoms with Crippen LogP contribution in [-0.2, 0) is 5.41 Å². The van der Waals surface area contributed by atoms with Gasteiger partial charge in [0.2, 0.25) is 0 Å². The second-order valence-electron chi connectivity index (χ2n) is 5.03. The Balaban J connectivity index is 0.000000202. The Morgan fingerprint density at radius 1 is 0.706 bits per heavy atom. The highest BCUT2D eigenvalue weighted by Gasteiger charge is 2.11. The summed E-state index contributed by atoms with van der Waals surface area (Å²) in [5.74, 6) is 0. The third-order valence-electron chi connectivity index (χ3n) is 2.44. The summed E-state index contributed by atoms with van der Waals surface area (Å²) in [5.41, 5.74) is 7.96. The average molecular weight is 227 g/mol. The van der Waals surface area contributed by atoms with Crippen molar-refractivity contribution in [3.05, 3.63) is 66.2 Å². The molecule has 0 aliphatic rings. The standard InChI is InChI=1S/C10H15N.C6H6/c1-10(2,3)8-4-6-9(11)7-5-8;1-2-4-6-5-3-1/h4-7H,11H2,1-3H3;1-6H. The van der Waals surface area contributed by atoms with Crippen molar-refractivity contribution in [3.63, 3.8) is 0 Å². The minimum atomic E-state index is 0.230. The van der Waals surface area contributed by atoms with Crippen LogP contribution in [0.3, 0.4) is 0 Å². The van der Waals surface area contributed by atoms with Crippen molar-refractivity contribution in [1.82, 2.24) is 0 Å². The summed E-state index contributed by atoms with van der Waals surface area (Å²) < 4.78 is 0. The van der Waals surface area contributed by atoms with Crippen LogP contribution in [0.1, 0.15) is 26.3 Å². The SMILES string of the molecule is CC(C)(C)c1ccc(N)cc1.c1ccccc1. The Hall–Kier alpha value is -1.76. The molecule has 0 fully saturated rings. The first-order valence-corrected chi connectivity index (χ1v) is 5.86. The van der Waals surface area contributed by atoms with Crippen molar-refractivity contribution >= 4 is 5.69 Å². The molecule has 0 aromatic heterocycles. The fourth-order valence-electron chi connectivity index (χ4n) is 1.37. The van der Waals surface area contributed by atoms with Gasteiger partial charge in [0, 0.05) is 5.69 Å². The summed E-state index contributed by atoms with van der Waals surface area (Å²) in [7, 11) is 0. The molecular formula is C16H21N. The van der Waals surface area contributed by atoms with Gasteiger partial charge in [-0.3, -0.25) is 0 Å². The maximum Gasteiger partial charge on any atom is 0.0314 e. The highest BCUT2D eigenvalue weighted by atomic mass is 14.5. The van der Waals surface area contributed by atoms with E-state index < -0.39 is 0 Å². The third-order valence-corrected chi connectivity index (χ3v) is 2.44. The molecule has 1 nitrogen and oxygen atoms in total. The molecule has 0 atom stereocenters. The van der Waals surface area contributed by atoms with Gasteiger partial charge < -0.3 is 5.73 Å². The van der Waals surface area contributed by atoms with Crippen molar-refractivity contribution in [2.75, 3.05) is 5.73 Å². The lowest BCUT2D eigenvalue weighted by Gasteiger charge is -2.18. The first-order valence-electron chi connectivity index (χ1n) is 5.86. The Kier molecular flexibility index (Phi) is 4.77. The van der Waals surface area contributed by atoms with Crippen LogP contribution in [0.15, 0.2) is 60.7 Å². The number of hydrogen-bond acceptors (Lipinski definition) is 1. The first-order chi connectivity index (χ1) is 8.00. The summed E-state index contributed by atoms with van der Waals surface area (Å²) in [6.45, 7) is 6.58. The molecule has 2 aromatic rings. The van der Waals surface area contributed by atoms with E-state index in [2.05, 4.69) is 32.9 Å². The molecular weight excluding hydrogens is 206 g/mol. The van der Waals surface area contributed by atoms with Gasteiger partial charge in [-0.15, -0.1) is 0 Å². The van der Waals surface area contributed by atoms with E-state index in [1.807, 2.05) is 48.5 Å². The lowest BCUT2D eigenvalue weighted by Crippen LogP contribution is -2.10. The minimum Gasteiger partial charge on any atom is -0.399 e. The maximum atomic E-state index is 5.57. The van der Waals surface area contributed by atoms with E-state index in [0.717, 1.165) is 5.69 Å². The number of anilines is 1. The third kappa shape index (κ3) is 5.21. The van der Waals surface area contributed by atoms with Gasteiger partial charge in [-0.1, -0.05) is 69.3 Å². The van der Waals surface area contributed by atoms with Gasteiger partial charge in [-0.05, 0) is 23.1 Å². The maximum absolute atomic E-state index is 5.57. The minimum absolute atomic E-state index is 0.230. The summed E-state index contributed by atoms with van der Waals surface area (Å²) in [6, 6.07) is 20.0. The zero-order valence-electron chi connectivity index (χ0n) is 10.9. The van der Waals surface area contributed by atoms with Crippen LogP contribution in [0.2, 0.25) is 0 Å². The van der Waals surface area contributed by atoms with Gasteiger partial charge in [0.15, 0.2) is 0 Å². The summed E-state index contributed by atoms with van der Waals surface area (Å²) in [4.78, 5) is 0. The van der Waals surface area contributed by atoms with Crippen LogP contribution in [0.4, 0.5) is 5.69 Å².